The van der Waals surface area contributed by atoms with Crippen LogP contribution < -0.4 is 0 Å². The van der Waals surface area contributed by atoms with Crippen LogP contribution in [-0.4, -0.2) is 57.6 Å². The van der Waals surface area contributed by atoms with E-state index >= 15 is 0 Å². The molecule has 3 aromatic rings. The van der Waals surface area contributed by atoms with Gasteiger partial charge in [0.2, 0.25) is 0 Å². The maximum absolute atomic E-state index is 11.3. The average Bonchev–Trinajstić information content (AvgIpc) is 3.43. The standard InChI is InChI=1S/C9H7NO2.C9H7NS2.C9H11N/c2*1-10-8(11)6-4-2-3-5-7(6)9(10)12;1-10-6-8-4-2-3-5-9(8)7-10/h2*2-5H,1H3;2-5H,6-7H2,1H3. The fourth-order valence-corrected chi connectivity index (χ4v) is 4.72. The number of rotatable bonds is 0. The van der Waals surface area contributed by atoms with Crippen molar-refractivity contribution in [2.75, 3.05) is 21.1 Å². The number of amides is 2. The highest BCUT2D eigenvalue weighted by atomic mass is 32.1. The van der Waals surface area contributed by atoms with Crippen LogP contribution in [0.5, 0.6) is 0 Å². The van der Waals surface area contributed by atoms with E-state index in [2.05, 4.69) is 36.2 Å². The topological polar surface area (TPSA) is 43.9 Å². The number of carbonyl (C=O) groups is 2. The number of thiocarbonyl (C=S) groups is 2. The van der Waals surface area contributed by atoms with E-state index in [9.17, 15) is 9.59 Å². The predicted octanol–water partition coefficient (Wildman–Crippen LogP) is 4.53. The molecule has 0 unspecified atom stereocenters. The minimum Gasteiger partial charge on any atom is -0.326 e. The molecule has 0 atom stereocenters. The minimum absolute atomic E-state index is 0.212. The molecule has 3 aliphatic heterocycles. The Hall–Kier alpha value is -3.26. The first-order valence-electron chi connectivity index (χ1n) is 10.9. The number of hydrogen-bond donors (Lipinski definition) is 0. The van der Waals surface area contributed by atoms with Crippen molar-refractivity contribution < 1.29 is 9.59 Å². The third-order valence-corrected chi connectivity index (χ3v) is 6.98. The molecule has 3 heterocycles. The number of imide groups is 1. The highest BCUT2D eigenvalue weighted by molar-refractivity contribution is 7.82. The highest BCUT2D eigenvalue weighted by Crippen LogP contribution is 2.23. The predicted molar refractivity (Wildman–Crippen MR) is 142 cm³/mol. The maximum atomic E-state index is 11.3. The van der Waals surface area contributed by atoms with Crippen LogP contribution in [0.2, 0.25) is 0 Å². The molecule has 3 aliphatic rings. The molecule has 5 nitrogen and oxygen atoms in total. The van der Waals surface area contributed by atoms with E-state index < -0.39 is 0 Å². The van der Waals surface area contributed by atoms with Crippen molar-refractivity contribution in [2.45, 2.75) is 13.1 Å². The smallest absolute Gasteiger partial charge is 0.261 e. The Morgan fingerprint density at radius 2 is 0.912 bits per heavy atom. The second-order valence-electron chi connectivity index (χ2n) is 8.37. The molecule has 0 saturated carbocycles. The van der Waals surface area contributed by atoms with Gasteiger partial charge in [-0.25, -0.2) is 0 Å². The zero-order chi connectivity index (χ0) is 24.4. The summed E-state index contributed by atoms with van der Waals surface area (Å²) in [6.07, 6.45) is 0. The van der Waals surface area contributed by atoms with Crippen molar-refractivity contribution in [2.24, 2.45) is 0 Å². The second-order valence-corrected chi connectivity index (χ2v) is 9.14. The van der Waals surface area contributed by atoms with E-state index in [1.54, 1.807) is 24.3 Å². The fourth-order valence-electron chi connectivity index (χ4n) is 4.12. The number of nitrogens with zero attached hydrogens (tertiary/aromatic N) is 3. The Bertz CT molecular complexity index is 1140. The van der Waals surface area contributed by atoms with Crippen LogP contribution in [0.4, 0.5) is 0 Å². The van der Waals surface area contributed by atoms with E-state index in [-0.39, 0.29) is 11.8 Å². The molecule has 0 saturated heterocycles. The summed E-state index contributed by atoms with van der Waals surface area (Å²) < 4.78 is 0. The van der Waals surface area contributed by atoms with Gasteiger partial charge >= 0.3 is 0 Å². The van der Waals surface area contributed by atoms with Crippen LogP contribution >= 0.6 is 24.4 Å². The van der Waals surface area contributed by atoms with Gasteiger partial charge in [-0.15, -0.1) is 0 Å². The summed E-state index contributed by atoms with van der Waals surface area (Å²) in [7, 11) is 5.55. The molecule has 0 bridgehead atoms. The third kappa shape index (κ3) is 4.55. The monoisotopic (exact) mass is 487 g/mol. The molecule has 7 heteroatoms. The Balaban J connectivity index is 0.000000121. The number of benzene rings is 3. The van der Waals surface area contributed by atoms with Gasteiger partial charge in [0.15, 0.2) is 0 Å². The molecular weight excluding hydrogens is 462 g/mol. The van der Waals surface area contributed by atoms with E-state index in [1.807, 2.05) is 36.2 Å². The van der Waals surface area contributed by atoms with Gasteiger partial charge in [-0.1, -0.05) is 85.1 Å². The highest BCUT2D eigenvalue weighted by Gasteiger charge is 2.31. The SMILES string of the molecule is CN1C(=O)c2ccccc2C1=O.CN1C(=S)c2ccccc2C1=S.CN1Cc2ccccc2C1. The molecule has 2 amide bonds. The second kappa shape index (κ2) is 9.93. The largest absolute Gasteiger partial charge is 0.326 e. The Morgan fingerprint density at radius 3 is 1.32 bits per heavy atom. The fraction of sp³-hybridized carbons (Fsp3) is 0.185. The van der Waals surface area contributed by atoms with Crippen LogP contribution in [0.1, 0.15) is 43.0 Å². The summed E-state index contributed by atoms with van der Waals surface area (Å²) in [5, 5.41) is 0. The molecule has 0 N–H and O–H groups in total. The van der Waals surface area contributed by atoms with Crippen LogP contribution in [-0.2, 0) is 13.1 Å². The maximum Gasteiger partial charge on any atom is 0.261 e. The van der Waals surface area contributed by atoms with Gasteiger partial charge < -0.3 is 4.90 Å². The van der Waals surface area contributed by atoms with Crippen molar-refractivity contribution >= 4 is 46.2 Å². The average molecular weight is 488 g/mol. The van der Waals surface area contributed by atoms with Gasteiger partial charge in [-0.05, 0) is 30.3 Å². The third-order valence-electron chi connectivity index (χ3n) is 5.99. The van der Waals surface area contributed by atoms with Gasteiger partial charge in [0.25, 0.3) is 11.8 Å². The molecule has 0 radical (unpaired) electrons. The Morgan fingerprint density at radius 1 is 0.559 bits per heavy atom. The molecule has 0 aromatic heterocycles. The van der Waals surface area contributed by atoms with Crippen LogP contribution in [0.15, 0.2) is 72.8 Å². The minimum atomic E-state index is -0.212. The lowest BCUT2D eigenvalue weighted by Crippen LogP contribution is -2.24. The molecule has 3 aromatic carbocycles. The van der Waals surface area contributed by atoms with Crippen molar-refractivity contribution in [3.63, 3.8) is 0 Å². The van der Waals surface area contributed by atoms with Gasteiger partial charge in [0.1, 0.15) is 9.98 Å². The summed E-state index contributed by atoms with van der Waals surface area (Å²) in [6, 6.07) is 23.4. The molecule has 0 aliphatic carbocycles. The molecule has 172 valence electrons. The van der Waals surface area contributed by atoms with Crippen molar-refractivity contribution in [1.29, 1.82) is 0 Å². The molecule has 0 fully saturated rings. The first-order chi connectivity index (χ1) is 16.3. The zero-order valence-electron chi connectivity index (χ0n) is 19.3. The van der Waals surface area contributed by atoms with Crippen molar-refractivity contribution in [3.05, 3.63) is 106 Å². The van der Waals surface area contributed by atoms with Crippen molar-refractivity contribution in [1.82, 2.24) is 14.7 Å². The summed E-state index contributed by atoms with van der Waals surface area (Å²) in [4.78, 5) is 29.6. The first-order valence-corrected chi connectivity index (χ1v) is 11.7. The molecule has 34 heavy (non-hydrogen) atoms. The van der Waals surface area contributed by atoms with E-state index in [1.165, 1.54) is 18.2 Å². The summed E-state index contributed by atoms with van der Waals surface area (Å²) in [6.45, 7) is 2.24. The molecule has 0 spiro atoms. The Kier molecular flexibility index (Phi) is 6.97. The lowest BCUT2D eigenvalue weighted by molar-refractivity contribution is 0.0693. The normalized spacial score (nSPS) is 15.9. The van der Waals surface area contributed by atoms with E-state index in [4.69, 9.17) is 24.4 Å². The lowest BCUT2D eigenvalue weighted by Gasteiger charge is -2.08. The number of carbonyl (C=O) groups excluding carboxylic acids is 2. The first kappa shape index (κ1) is 23.9. The summed E-state index contributed by atoms with van der Waals surface area (Å²) in [5.41, 5.74) is 6.16. The van der Waals surface area contributed by atoms with E-state index in [0.29, 0.717) is 11.1 Å². The van der Waals surface area contributed by atoms with Gasteiger partial charge in [0, 0.05) is 38.3 Å². The van der Waals surface area contributed by atoms with Crippen LogP contribution in [0, 0.1) is 0 Å². The summed E-state index contributed by atoms with van der Waals surface area (Å²) in [5.74, 6) is -0.425. The Labute approximate surface area is 210 Å². The molecule has 6 rings (SSSR count). The molecular formula is C27H25N3O2S2. The zero-order valence-corrected chi connectivity index (χ0v) is 21.0. The number of hydrogen-bond acceptors (Lipinski definition) is 5. The van der Waals surface area contributed by atoms with Crippen LogP contribution in [0.3, 0.4) is 0 Å². The van der Waals surface area contributed by atoms with Gasteiger partial charge in [0.05, 0.1) is 11.1 Å². The van der Waals surface area contributed by atoms with Crippen molar-refractivity contribution in [3.8, 4) is 0 Å². The van der Waals surface area contributed by atoms with E-state index in [0.717, 1.165) is 39.1 Å². The lowest BCUT2D eigenvalue weighted by atomic mass is 10.1. The number of fused-ring (bicyclic) bond motifs is 3. The van der Waals surface area contributed by atoms with Gasteiger partial charge in [-0.3, -0.25) is 19.4 Å². The quantitative estimate of drug-likeness (QED) is 0.343. The van der Waals surface area contributed by atoms with Gasteiger partial charge in [-0.2, -0.15) is 0 Å². The van der Waals surface area contributed by atoms with Crippen LogP contribution in [0.25, 0.3) is 0 Å². The summed E-state index contributed by atoms with van der Waals surface area (Å²) >= 11 is 10.4.